The lowest BCUT2D eigenvalue weighted by Crippen LogP contribution is -2.40. The van der Waals surface area contributed by atoms with Gasteiger partial charge in [0.2, 0.25) is 0 Å². The summed E-state index contributed by atoms with van der Waals surface area (Å²) in [6.45, 7) is 2.68. The van der Waals surface area contributed by atoms with E-state index < -0.39 is 5.67 Å². The van der Waals surface area contributed by atoms with Crippen LogP contribution in [0.3, 0.4) is 0 Å². The van der Waals surface area contributed by atoms with Crippen molar-refractivity contribution >= 4 is 0 Å². The van der Waals surface area contributed by atoms with E-state index in [9.17, 15) is 4.39 Å². The van der Waals surface area contributed by atoms with Crippen molar-refractivity contribution < 1.29 is 4.39 Å². The van der Waals surface area contributed by atoms with Crippen molar-refractivity contribution in [2.75, 3.05) is 6.54 Å². The van der Waals surface area contributed by atoms with Crippen LogP contribution in [0.1, 0.15) is 38.4 Å². The van der Waals surface area contributed by atoms with Crippen LogP contribution < -0.4 is 5.32 Å². The van der Waals surface area contributed by atoms with Gasteiger partial charge in [0.1, 0.15) is 17.8 Å². The Labute approximate surface area is 102 Å². The molecule has 1 aromatic rings. The minimum Gasteiger partial charge on any atom is -0.314 e. The van der Waals surface area contributed by atoms with Crippen LogP contribution in [-0.2, 0) is 13.5 Å². The summed E-state index contributed by atoms with van der Waals surface area (Å²) in [5, 5.41) is 7.36. The maximum Gasteiger partial charge on any atom is 0.138 e. The molecular formula is C12H21FN4. The second-order valence-corrected chi connectivity index (χ2v) is 5.24. The zero-order valence-electron chi connectivity index (χ0n) is 10.6. The number of piperidine rings is 1. The first-order valence-corrected chi connectivity index (χ1v) is 6.32. The summed E-state index contributed by atoms with van der Waals surface area (Å²) >= 11 is 0. The van der Waals surface area contributed by atoms with Gasteiger partial charge in [-0.1, -0.05) is 6.42 Å². The minimum absolute atomic E-state index is 0.312. The van der Waals surface area contributed by atoms with E-state index in [0.29, 0.717) is 24.7 Å². The lowest BCUT2D eigenvalue weighted by Gasteiger charge is -2.29. The number of aryl methyl sites for hydroxylation is 1. The number of nitrogens with zero attached hydrogens (tertiary/aromatic N) is 3. The molecule has 0 saturated carbocycles. The zero-order valence-corrected chi connectivity index (χ0v) is 10.6. The smallest absolute Gasteiger partial charge is 0.138 e. The molecule has 17 heavy (non-hydrogen) atoms. The molecule has 1 N–H and O–H groups in total. The lowest BCUT2D eigenvalue weighted by molar-refractivity contribution is 0.142. The molecule has 96 valence electrons. The van der Waals surface area contributed by atoms with Crippen LogP contribution in [0.2, 0.25) is 0 Å². The van der Waals surface area contributed by atoms with E-state index in [4.69, 9.17) is 0 Å². The SMILES string of the molecule is Cn1ncnc1CC(C)(F)CC1CCCCN1. The summed E-state index contributed by atoms with van der Waals surface area (Å²) in [6, 6.07) is 0.312. The molecule has 2 rings (SSSR count). The molecule has 0 spiro atoms. The second-order valence-electron chi connectivity index (χ2n) is 5.24. The van der Waals surface area contributed by atoms with Crippen molar-refractivity contribution in [3.8, 4) is 0 Å². The molecule has 1 fully saturated rings. The highest BCUT2D eigenvalue weighted by molar-refractivity contribution is 4.94. The van der Waals surface area contributed by atoms with E-state index in [1.54, 1.807) is 18.7 Å². The van der Waals surface area contributed by atoms with Gasteiger partial charge in [0.25, 0.3) is 0 Å². The predicted molar refractivity (Wildman–Crippen MR) is 64.5 cm³/mol. The summed E-state index contributed by atoms with van der Waals surface area (Å²) in [5.74, 6) is 0.714. The van der Waals surface area contributed by atoms with Crippen LogP contribution >= 0.6 is 0 Å². The predicted octanol–water partition coefficient (Wildman–Crippen LogP) is 1.62. The first-order chi connectivity index (χ1) is 8.07. The van der Waals surface area contributed by atoms with Gasteiger partial charge in [0.05, 0.1) is 0 Å². The Kier molecular flexibility index (Phi) is 3.76. The number of halogens is 1. The van der Waals surface area contributed by atoms with Crippen molar-refractivity contribution in [3.63, 3.8) is 0 Å². The van der Waals surface area contributed by atoms with Crippen molar-refractivity contribution in [2.24, 2.45) is 7.05 Å². The first kappa shape index (κ1) is 12.5. The van der Waals surface area contributed by atoms with Gasteiger partial charge in [-0.2, -0.15) is 5.10 Å². The Bertz CT molecular complexity index is 355. The molecule has 2 unspecified atom stereocenters. The maximum absolute atomic E-state index is 14.5. The third-order valence-corrected chi connectivity index (χ3v) is 3.42. The second kappa shape index (κ2) is 5.12. The van der Waals surface area contributed by atoms with Gasteiger partial charge in [0, 0.05) is 19.5 Å². The van der Waals surface area contributed by atoms with Crippen molar-refractivity contribution in [2.45, 2.75) is 50.7 Å². The maximum atomic E-state index is 14.5. The number of aromatic nitrogens is 3. The fraction of sp³-hybridized carbons (Fsp3) is 0.833. The molecule has 0 bridgehead atoms. The Balaban J connectivity index is 1.91. The third-order valence-electron chi connectivity index (χ3n) is 3.42. The molecule has 1 saturated heterocycles. The Morgan fingerprint density at radius 3 is 3.00 bits per heavy atom. The van der Waals surface area contributed by atoms with E-state index in [-0.39, 0.29) is 0 Å². The molecule has 2 heterocycles. The van der Waals surface area contributed by atoms with Gasteiger partial charge in [-0.25, -0.2) is 9.37 Å². The number of rotatable bonds is 4. The molecule has 1 aliphatic heterocycles. The third kappa shape index (κ3) is 3.49. The van der Waals surface area contributed by atoms with E-state index in [1.807, 2.05) is 0 Å². The molecule has 0 radical (unpaired) electrons. The van der Waals surface area contributed by atoms with Gasteiger partial charge in [-0.15, -0.1) is 0 Å². The van der Waals surface area contributed by atoms with E-state index >= 15 is 0 Å². The van der Waals surface area contributed by atoms with Crippen LogP contribution in [0, 0.1) is 0 Å². The molecule has 4 nitrogen and oxygen atoms in total. The minimum atomic E-state index is -1.21. The van der Waals surface area contributed by atoms with E-state index in [1.165, 1.54) is 19.2 Å². The van der Waals surface area contributed by atoms with Crippen molar-refractivity contribution in [1.29, 1.82) is 0 Å². The van der Waals surface area contributed by atoms with Gasteiger partial charge in [-0.3, -0.25) is 4.68 Å². The van der Waals surface area contributed by atoms with E-state index in [2.05, 4.69) is 15.4 Å². The van der Waals surface area contributed by atoms with Gasteiger partial charge in [-0.05, 0) is 32.7 Å². The lowest BCUT2D eigenvalue weighted by atomic mass is 9.90. The Hall–Kier alpha value is -0.970. The standard InChI is InChI=1S/C12H21FN4/c1-12(13,7-10-5-3-4-6-14-10)8-11-15-9-16-17(11)2/h9-10,14H,3-8H2,1-2H3. The molecule has 1 aromatic heterocycles. The van der Waals surface area contributed by atoms with Gasteiger partial charge in [0.15, 0.2) is 0 Å². The largest absolute Gasteiger partial charge is 0.314 e. The molecule has 0 amide bonds. The Morgan fingerprint density at radius 2 is 2.41 bits per heavy atom. The highest BCUT2D eigenvalue weighted by atomic mass is 19.1. The molecule has 1 aliphatic rings. The fourth-order valence-corrected chi connectivity index (χ4v) is 2.49. The topological polar surface area (TPSA) is 42.7 Å². The van der Waals surface area contributed by atoms with E-state index in [0.717, 1.165) is 13.0 Å². The fourth-order valence-electron chi connectivity index (χ4n) is 2.49. The number of alkyl halides is 1. The summed E-state index contributed by atoms with van der Waals surface area (Å²) in [4.78, 5) is 4.09. The normalized spacial score (nSPS) is 24.5. The summed E-state index contributed by atoms with van der Waals surface area (Å²) < 4.78 is 16.1. The molecule has 2 atom stereocenters. The van der Waals surface area contributed by atoms with Crippen LogP contribution in [0.25, 0.3) is 0 Å². The van der Waals surface area contributed by atoms with Crippen LogP contribution in [-0.4, -0.2) is 33.0 Å². The van der Waals surface area contributed by atoms with Crippen molar-refractivity contribution in [3.05, 3.63) is 12.2 Å². The number of hydrogen-bond donors (Lipinski definition) is 1. The molecule has 0 aliphatic carbocycles. The summed E-state index contributed by atoms with van der Waals surface area (Å²) in [7, 11) is 1.80. The monoisotopic (exact) mass is 240 g/mol. The Morgan fingerprint density at radius 1 is 1.59 bits per heavy atom. The average Bonchev–Trinajstić information content (AvgIpc) is 2.64. The van der Waals surface area contributed by atoms with Crippen LogP contribution in [0.4, 0.5) is 4.39 Å². The van der Waals surface area contributed by atoms with Gasteiger partial charge >= 0.3 is 0 Å². The summed E-state index contributed by atoms with van der Waals surface area (Å²) in [6.07, 6.45) is 5.87. The summed E-state index contributed by atoms with van der Waals surface area (Å²) in [5.41, 5.74) is -1.21. The first-order valence-electron chi connectivity index (χ1n) is 6.32. The average molecular weight is 240 g/mol. The van der Waals surface area contributed by atoms with Gasteiger partial charge < -0.3 is 5.32 Å². The highest BCUT2D eigenvalue weighted by Crippen LogP contribution is 2.25. The molecular weight excluding hydrogens is 219 g/mol. The number of hydrogen-bond acceptors (Lipinski definition) is 3. The van der Waals surface area contributed by atoms with Crippen molar-refractivity contribution in [1.82, 2.24) is 20.1 Å². The van der Waals surface area contributed by atoms with Crippen LogP contribution in [0.5, 0.6) is 0 Å². The zero-order chi connectivity index (χ0) is 12.3. The highest BCUT2D eigenvalue weighted by Gasteiger charge is 2.30. The van der Waals surface area contributed by atoms with Crippen LogP contribution in [0.15, 0.2) is 6.33 Å². The molecule has 5 heteroatoms. The quantitative estimate of drug-likeness (QED) is 0.869. The number of nitrogens with one attached hydrogen (secondary N) is 1. The molecule has 0 aromatic carbocycles.